The van der Waals surface area contributed by atoms with Gasteiger partial charge in [-0.1, -0.05) is 0 Å². The minimum Gasteiger partial charge on any atom is -0.446 e. The van der Waals surface area contributed by atoms with Gasteiger partial charge in [-0.25, -0.2) is 9.97 Å². The van der Waals surface area contributed by atoms with E-state index in [1.165, 1.54) is 6.39 Å². The summed E-state index contributed by atoms with van der Waals surface area (Å²) in [6.45, 7) is 4.00. The Hall–Kier alpha value is -2.96. The van der Waals surface area contributed by atoms with E-state index >= 15 is 0 Å². The number of pyridine rings is 1. The van der Waals surface area contributed by atoms with E-state index in [2.05, 4.69) is 20.3 Å². The fourth-order valence-corrected chi connectivity index (χ4v) is 2.09. The van der Waals surface area contributed by atoms with Crippen LogP contribution in [0.5, 0.6) is 0 Å². The van der Waals surface area contributed by atoms with E-state index in [9.17, 15) is 4.79 Å². The average Bonchev–Trinajstić information content (AvgIpc) is 3.13. The molecule has 0 unspecified atom stereocenters. The van der Waals surface area contributed by atoms with E-state index in [-0.39, 0.29) is 12.5 Å². The van der Waals surface area contributed by atoms with Crippen LogP contribution in [0.3, 0.4) is 0 Å². The summed E-state index contributed by atoms with van der Waals surface area (Å²) < 4.78 is 7.08. The first-order chi connectivity index (χ1) is 10.6. The summed E-state index contributed by atoms with van der Waals surface area (Å²) in [6, 6.07) is 3.54. The highest BCUT2D eigenvalue weighted by atomic mass is 16.3. The van der Waals surface area contributed by atoms with E-state index in [0.717, 1.165) is 17.2 Å². The molecule has 22 heavy (non-hydrogen) atoms. The summed E-state index contributed by atoms with van der Waals surface area (Å²) in [5, 5.41) is 2.77. The van der Waals surface area contributed by atoms with Crippen LogP contribution in [0.2, 0.25) is 0 Å². The van der Waals surface area contributed by atoms with Crippen molar-refractivity contribution < 1.29 is 9.21 Å². The molecule has 0 aliphatic heterocycles. The molecule has 3 aromatic heterocycles. The van der Waals surface area contributed by atoms with Crippen molar-refractivity contribution in [1.29, 1.82) is 0 Å². The summed E-state index contributed by atoms with van der Waals surface area (Å²) in [5.74, 6) is 1.21. The molecule has 112 valence electrons. The highest BCUT2D eigenvalue weighted by Crippen LogP contribution is 2.11. The van der Waals surface area contributed by atoms with Gasteiger partial charge in [0.25, 0.3) is 5.91 Å². The molecular formula is C15H15N5O2. The van der Waals surface area contributed by atoms with Crippen LogP contribution >= 0.6 is 0 Å². The van der Waals surface area contributed by atoms with Crippen molar-refractivity contribution in [2.45, 2.75) is 20.4 Å². The van der Waals surface area contributed by atoms with Crippen molar-refractivity contribution in [2.75, 3.05) is 0 Å². The highest BCUT2D eigenvalue weighted by molar-refractivity contribution is 5.92. The minimum atomic E-state index is -0.268. The van der Waals surface area contributed by atoms with E-state index < -0.39 is 0 Å². The van der Waals surface area contributed by atoms with Crippen LogP contribution in [0.25, 0.3) is 5.69 Å². The summed E-state index contributed by atoms with van der Waals surface area (Å²) in [7, 11) is 0. The Bertz CT molecular complexity index is 806. The molecule has 0 aromatic carbocycles. The van der Waals surface area contributed by atoms with Gasteiger partial charge in [0, 0.05) is 18.6 Å². The molecule has 0 saturated carbocycles. The van der Waals surface area contributed by atoms with E-state index in [1.807, 2.05) is 30.7 Å². The first-order valence-electron chi connectivity index (χ1n) is 6.78. The molecule has 0 radical (unpaired) electrons. The predicted molar refractivity (Wildman–Crippen MR) is 78.5 cm³/mol. The fraction of sp³-hybridized carbons (Fsp3) is 0.200. The second kappa shape index (κ2) is 5.80. The number of amides is 1. The molecule has 1 amide bonds. The summed E-state index contributed by atoms with van der Waals surface area (Å²) in [4.78, 5) is 24.5. The van der Waals surface area contributed by atoms with Crippen molar-refractivity contribution in [2.24, 2.45) is 0 Å². The van der Waals surface area contributed by atoms with Gasteiger partial charge in [0.05, 0.1) is 17.9 Å². The second-order valence-corrected chi connectivity index (χ2v) is 4.79. The van der Waals surface area contributed by atoms with E-state index in [0.29, 0.717) is 11.5 Å². The van der Waals surface area contributed by atoms with Gasteiger partial charge in [-0.15, -0.1) is 0 Å². The van der Waals surface area contributed by atoms with Gasteiger partial charge in [0.2, 0.25) is 0 Å². The smallest absolute Gasteiger partial charge is 0.270 e. The summed E-state index contributed by atoms with van der Waals surface area (Å²) in [5.41, 5.74) is 1.94. The molecule has 0 fully saturated rings. The molecule has 0 aliphatic carbocycles. The van der Waals surface area contributed by atoms with Crippen LogP contribution in [-0.4, -0.2) is 25.4 Å². The van der Waals surface area contributed by atoms with Crippen LogP contribution in [0.1, 0.15) is 27.8 Å². The molecule has 0 bridgehead atoms. The number of hydrogen-bond donors (Lipinski definition) is 1. The number of imidazole rings is 1. The van der Waals surface area contributed by atoms with Crippen molar-refractivity contribution in [3.63, 3.8) is 0 Å². The van der Waals surface area contributed by atoms with Crippen LogP contribution in [-0.2, 0) is 6.54 Å². The quantitative estimate of drug-likeness (QED) is 0.793. The zero-order chi connectivity index (χ0) is 15.5. The molecule has 0 atom stereocenters. The van der Waals surface area contributed by atoms with Gasteiger partial charge < -0.3 is 14.3 Å². The van der Waals surface area contributed by atoms with Crippen LogP contribution in [0.15, 0.2) is 41.5 Å². The number of aromatic nitrogens is 4. The molecule has 7 heteroatoms. The van der Waals surface area contributed by atoms with Crippen LogP contribution < -0.4 is 5.32 Å². The third kappa shape index (κ3) is 2.73. The fourth-order valence-electron chi connectivity index (χ4n) is 2.09. The molecule has 3 rings (SSSR count). The molecule has 3 aromatic rings. The SMILES string of the molecule is Cc1ncoc1CNC(=O)c1cc(-n2ccnc2C)ccn1. The van der Waals surface area contributed by atoms with Gasteiger partial charge in [0.1, 0.15) is 17.3 Å². The van der Waals surface area contributed by atoms with Crippen molar-refractivity contribution in [3.05, 3.63) is 60.1 Å². The van der Waals surface area contributed by atoms with Gasteiger partial charge in [0.15, 0.2) is 6.39 Å². The van der Waals surface area contributed by atoms with Gasteiger partial charge in [-0.2, -0.15) is 0 Å². The number of carbonyl (C=O) groups is 1. The Labute approximate surface area is 127 Å². The van der Waals surface area contributed by atoms with Crippen molar-refractivity contribution >= 4 is 5.91 Å². The first kappa shape index (κ1) is 14.0. The Balaban J connectivity index is 1.76. The summed E-state index contributed by atoms with van der Waals surface area (Å²) >= 11 is 0. The molecule has 3 heterocycles. The second-order valence-electron chi connectivity index (χ2n) is 4.79. The topological polar surface area (TPSA) is 85.8 Å². The third-order valence-corrected chi connectivity index (χ3v) is 3.33. The van der Waals surface area contributed by atoms with Crippen molar-refractivity contribution in [1.82, 2.24) is 24.8 Å². The third-order valence-electron chi connectivity index (χ3n) is 3.33. The highest BCUT2D eigenvalue weighted by Gasteiger charge is 2.11. The molecule has 1 N–H and O–H groups in total. The Kier molecular flexibility index (Phi) is 3.69. The Morgan fingerprint density at radius 2 is 2.14 bits per heavy atom. The monoisotopic (exact) mass is 297 g/mol. The number of aryl methyl sites for hydroxylation is 2. The minimum absolute atomic E-state index is 0.268. The number of nitrogens with one attached hydrogen (secondary N) is 1. The molecule has 0 spiro atoms. The number of oxazole rings is 1. The maximum Gasteiger partial charge on any atom is 0.270 e. The molecule has 0 saturated heterocycles. The normalized spacial score (nSPS) is 10.6. The zero-order valence-corrected chi connectivity index (χ0v) is 12.3. The van der Waals surface area contributed by atoms with Gasteiger partial charge in [-0.3, -0.25) is 9.78 Å². The van der Waals surface area contributed by atoms with Crippen molar-refractivity contribution in [3.8, 4) is 5.69 Å². The molecular weight excluding hydrogens is 282 g/mol. The van der Waals surface area contributed by atoms with Crippen LogP contribution in [0.4, 0.5) is 0 Å². The Morgan fingerprint density at radius 3 is 2.82 bits per heavy atom. The standard InChI is InChI=1S/C15H15N5O2/c1-10-14(22-9-19-10)8-18-15(21)13-7-12(3-4-17-13)20-6-5-16-11(20)2/h3-7,9H,8H2,1-2H3,(H,18,21). The number of rotatable bonds is 4. The number of carbonyl (C=O) groups excluding carboxylic acids is 1. The zero-order valence-electron chi connectivity index (χ0n) is 12.3. The lowest BCUT2D eigenvalue weighted by Crippen LogP contribution is -2.24. The largest absolute Gasteiger partial charge is 0.446 e. The van der Waals surface area contributed by atoms with Gasteiger partial charge in [-0.05, 0) is 26.0 Å². The maximum absolute atomic E-state index is 12.2. The molecule has 0 aliphatic rings. The summed E-state index contributed by atoms with van der Waals surface area (Å²) in [6.07, 6.45) is 6.51. The number of nitrogens with zero attached hydrogens (tertiary/aromatic N) is 4. The molecule has 7 nitrogen and oxygen atoms in total. The van der Waals surface area contributed by atoms with Gasteiger partial charge >= 0.3 is 0 Å². The lowest BCUT2D eigenvalue weighted by molar-refractivity contribution is 0.0943. The van der Waals surface area contributed by atoms with E-state index in [4.69, 9.17) is 4.42 Å². The lowest BCUT2D eigenvalue weighted by atomic mass is 10.3. The average molecular weight is 297 g/mol. The Morgan fingerprint density at radius 1 is 1.27 bits per heavy atom. The van der Waals surface area contributed by atoms with E-state index in [1.54, 1.807) is 18.5 Å². The number of hydrogen-bond acceptors (Lipinski definition) is 5. The first-order valence-corrected chi connectivity index (χ1v) is 6.78. The lowest BCUT2D eigenvalue weighted by Gasteiger charge is -2.07. The predicted octanol–water partition coefficient (Wildman–Crippen LogP) is 1.80. The van der Waals surface area contributed by atoms with Crippen LogP contribution in [0, 0.1) is 13.8 Å². The maximum atomic E-state index is 12.2.